The van der Waals surface area contributed by atoms with Gasteiger partial charge in [0.15, 0.2) is 0 Å². The predicted molar refractivity (Wildman–Crippen MR) is 42.1 cm³/mol. The Balaban J connectivity index is 0.00000121. The van der Waals surface area contributed by atoms with E-state index in [0.717, 1.165) is 19.3 Å². The first-order valence-electron chi connectivity index (χ1n) is 4.11. The minimum atomic E-state index is -0.732. The normalized spacial score (nSPS) is 35.3. The van der Waals surface area contributed by atoms with Crippen LogP contribution in [-0.2, 0) is 21.6 Å². The first-order valence-corrected chi connectivity index (χ1v) is 4.11. The minimum absolute atomic E-state index is 0. The summed E-state index contributed by atoms with van der Waals surface area (Å²) in [5, 5.41) is 8.75. The van der Waals surface area contributed by atoms with Crippen LogP contribution in [0.4, 0.5) is 0 Å². The first kappa shape index (κ1) is 11.9. The molecule has 3 nitrogen and oxygen atoms in total. The van der Waals surface area contributed by atoms with E-state index in [0.29, 0.717) is 5.92 Å². The Labute approximate surface area is 82.9 Å². The monoisotopic (exact) mass is 216 g/mol. The van der Waals surface area contributed by atoms with E-state index in [1.54, 1.807) is 0 Å². The van der Waals surface area contributed by atoms with Crippen molar-refractivity contribution in [3.8, 4) is 0 Å². The number of carbonyl (C=O) groups is 1. The van der Waals surface area contributed by atoms with E-state index >= 15 is 0 Å². The fourth-order valence-electron chi connectivity index (χ4n) is 1.73. The van der Waals surface area contributed by atoms with E-state index in [1.165, 1.54) is 0 Å². The molecule has 4 heteroatoms. The van der Waals surface area contributed by atoms with Gasteiger partial charge in [0, 0.05) is 22.8 Å². The Morgan fingerprint density at radius 2 is 2.08 bits per heavy atom. The SMILES string of the molecule is CC1CCCC(C(=O)O)C1N.[Co]. The predicted octanol–water partition coefficient (Wildman–Crippen LogP) is 0.832. The molecule has 1 rings (SSSR count). The van der Waals surface area contributed by atoms with E-state index in [2.05, 4.69) is 0 Å². The second-order valence-corrected chi connectivity index (χ2v) is 3.43. The van der Waals surface area contributed by atoms with Crippen molar-refractivity contribution in [2.75, 3.05) is 0 Å². The number of nitrogens with two attached hydrogens (primary N) is 1. The van der Waals surface area contributed by atoms with Crippen molar-refractivity contribution in [2.45, 2.75) is 32.2 Å². The Morgan fingerprint density at radius 3 is 2.50 bits per heavy atom. The zero-order valence-corrected chi connectivity index (χ0v) is 8.16. The number of aliphatic carboxylic acids is 1. The summed E-state index contributed by atoms with van der Waals surface area (Å²) in [5.74, 6) is -0.673. The van der Waals surface area contributed by atoms with Gasteiger partial charge in [0.25, 0.3) is 0 Å². The van der Waals surface area contributed by atoms with Crippen molar-refractivity contribution in [2.24, 2.45) is 17.6 Å². The molecule has 0 aliphatic heterocycles. The number of hydrogen-bond donors (Lipinski definition) is 2. The van der Waals surface area contributed by atoms with Crippen molar-refractivity contribution in [1.82, 2.24) is 0 Å². The maximum Gasteiger partial charge on any atom is 0.308 e. The van der Waals surface area contributed by atoms with Crippen LogP contribution in [0.15, 0.2) is 0 Å². The summed E-state index contributed by atoms with van der Waals surface area (Å²) < 4.78 is 0. The Bertz CT molecular complexity index is 163. The van der Waals surface area contributed by atoms with Gasteiger partial charge in [0.05, 0.1) is 5.92 Å². The van der Waals surface area contributed by atoms with Gasteiger partial charge in [0.1, 0.15) is 0 Å². The summed E-state index contributed by atoms with van der Waals surface area (Å²) in [6.07, 6.45) is 2.83. The van der Waals surface area contributed by atoms with Gasteiger partial charge in [-0.25, -0.2) is 0 Å². The van der Waals surface area contributed by atoms with Gasteiger partial charge in [-0.2, -0.15) is 0 Å². The van der Waals surface area contributed by atoms with Crippen LogP contribution in [0.5, 0.6) is 0 Å². The summed E-state index contributed by atoms with van der Waals surface area (Å²) >= 11 is 0. The first-order chi connectivity index (χ1) is 5.13. The average molecular weight is 216 g/mol. The molecule has 0 amide bonds. The molecule has 73 valence electrons. The third-order valence-electron chi connectivity index (χ3n) is 2.61. The van der Waals surface area contributed by atoms with Gasteiger partial charge >= 0.3 is 5.97 Å². The maximum atomic E-state index is 10.6. The smallest absolute Gasteiger partial charge is 0.308 e. The van der Waals surface area contributed by atoms with E-state index in [1.807, 2.05) is 6.92 Å². The van der Waals surface area contributed by atoms with Gasteiger partial charge < -0.3 is 10.8 Å². The molecule has 0 spiro atoms. The summed E-state index contributed by atoms with van der Waals surface area (Å²) in [6.45, 7) is 2.03. The van der Waals surface area contributed by atoms with Crippen LogP contribution in [0.25, 0.3) is 0 Å². The van der Waals surface area contributed by atoms with E-state index in [9.17, 15) is 4.79 Å². The number of carboxylic acids is 1. The molecule has 1 fully saturated rings. The van der Waals surface area contributed by atoms with Gasteiger partial charge in [0.2, 0.25) is 0 Å². The van der Waals surface area contributed by atoms with Crippen LogP contribution in [0.1, 0.15) is 26.2 Å². The summed E-state index contributed by atoms with van der Waals surface area (Å²) in [7, 11) is 0. The van der Waals surface area contributed by atoms with Crippen LogP contribution in [-0.4, -0.2) is 17.1 Å². The number of carboxylic acid groups (broad SMARTS) is 1. The minimum Gasteiger partial charge on any atom is -0.481 e. The molecule has 1 aliphatic carbocycles. The molecule has 0 bridgehead atoms. The molecule has 0 heterocycles. The third kappa shape index (κ3) is 2.47. The fourth-order valence-corrected chi connectivity index (χ4v) is 1.73. The van der Waals surface area contributed by atoms with Gasteiger partial charge in [-0.3, -0.25) is 4.79 Å². The molecule has 1 radical (unpaired) electrons. The third-order valence-corrected chi connectivity index (χ3v) is 2.61. The molecule has 3 unspecified atom stereocenters. The van der Waals surface area contributed by atoms with Crippen molar-refractivity contribution in [3.05, 3.63) is 0 Å². The molecule has 0 aromatic heterocycles. The van der Waals surface area contributed by atoms with Crippen molar-refractivity contribution < 1.29 is 26.7 Å². The molecule has 1 aliphatic rings. The molecule has 1 saturated carbocycles. The molecular weight excluding hydrogens is 201 g/mol. The quantitative estimate of drug-likeness (QED) is 0.682. The van der Waals surface area contributed by atoms with E-state index in [4.69, 9.17) is 10.8 Å². The van der Waals surface area contributed by atoms with Crippen LogP contribution < -0.4 is 5.73 Å². The molecule has 0 aromatic carbocycles. The Kier molecular flexibility index (Phi) is 4.81. The summed E-state index contributed by atoms with van der Waals surface area (Å²) in [4.78, 5) is 10.6. The zero-order chi connectivity index (χ0) is 8.43. The molecular formula is C8H15CoNO2. The zero-order valence-electron chi connectivity index (χ0n) is 7.12. The fraction of sp³-hybridized carbons (Fsp3) is 0.875. The molecule has 12 heavy (non-hydrogen) atoms. The topological polar surface area (TPSA) is 63.3 Å². The molecule has 3 atom stereocenters. The van der Waals surface area contributed by atoms with Gasteiger partial charge in [-0.1, -0.05) is 13.3 Å². The van der Waals surface area contributed by atoms with Crippen LogP contribution in [0, 0.1) is 11.8 Å². The maximum absolute atomic E-state index is 10.6. The largest absolute Gasteiger partial charge is 0.481 e. The number of rotatable bonds is 1. The second kappa shape index (κ2) is 4.84. The van der Waals surface area contributed by atoms with Gasteiger partial charge in [-0.05, 0) is 18.8 Å². The van der Waals surface area contributed by atoms with E-state index < -0.39 is 5.97 Å². The van der Waals surface area contributed by atoms with Crippen LogP contribution in [0.3, 0.4) is 0 Å². The van der Waals surface area contributed by atoms with Crippen LogP contribution in [0.2, 0.25) is 0 Å². The Hall–Kier alpha value is -0.0635. The standard InChI is InChI=1S/C8H15NO2.Co/c1-5-3-2-4-6(7(5)9)8(10)11;/h5-7H,2-4,9H2,1H3,(H,10,11);. The molecule has 0 saturated heterocycles. The Morgan fingerprint density at radius 1 is 1.50 bits per heavy atom. The second-order valence-electron chi connectivity index (χ2n) is 3.43. The van der Waals surface area contributed by atoms with E-state index in [-0.39, 0.29) is 28.7 Å². The van der Waals surface area contributed by atoms with Crippen molar-refractivity contribution in [1.29, 1.82) is 0 Å². The molecule has 3 N–H and O–H groups in total. The average Bonchev–Trinajstić information content (AvgIpc) is 1.94. The summed E-state index contributed by atoms with van der Waals surface area (Å²) in [6, 6.07) is -0.138. The summed E-state index contributed by atoms with van der Waals surface area (Å²) in [5.41, 5.74) is 5.74. The number of hydrogen-bond acceptors (Lipinski definition) is 2. The van der Waals surface area contributed by atoms with Crippen molar-refractivity contribution in [3.63, 3.8) is 0 Å². The molecule has 0 aromatic rings. The van der Waals surface area contributed by atoms with Crippen LogP contribution >= 0.6 is 0 Å². The van der Waals surface area contributed by atoms with Gasteiger partial charge in [-0.15, -0.1) is 0 Å². The van der Waals surface area contributed by atoms with Crippen molar-refractivity contribution >= 4 is 5.97 Å².